The van der Waals surface area contributed by atoms with Crippen LogP contribution in [0.1, 0.15) is 36.1 Å². The Kier molecular flexibility index (Phi) is 3.79. The van der Waals surface area contributed by atoms with Crippen LogP contribution in [0.3, 0.4) is 0 Å². The average Bonchev–Trinajstić information content (AvgIpc) is 2.73. The lowest BCUT2D eigenvalue weighted by Crippen LogP contribution is -2.56. The van der Waals surface area contributed by atoms with Crippen molar-refractivity contribution in [3.8, 4) is 0 Å². The number of piperidine rings is 1. The van der Waals surface area contributed by atoms with Crippen LogP contribution in [-0.2, 0) is 11.3 Å². The third-order valence-corrected chi connectivity index (χ3v) is 4.10. The minimum absolute atomic E-state index is 0.0880. The van der Waals surface area contributed by atoms with Gasteiger partial charge >= 0.3 is 0 Å². The van der Waals surface area contributed by atoms with Crippen molar-refractivity contribution in [2.24, 2.45) is 0 Å². The molecule has 0 aromatic carbocycles. The lowest BCUT2D eigenvalue weighted by molar-refractivity contribution is -0.128. The molecule has 1 amide bonds. The summed E-state index contributed by atoms with van der Waals surface area (Å²) in [5.74, 6) is 0.0880. The van der Waals surface area contributed by atoms with E-state index < -0.39 is 5.54 Å². The van der Waals surface area contributed by atoms with Gasteiger partial charge in [0.2, 0.25) is 5.91 Å². The van der Waals surface area contributed by atoms with Gasteiger partial charge in [-0.2, -0.15) is 0 Å². The van der Waals surface area contributed by atoms with Crippen molar-refractivity contribution in [3.05, 3.63) is 16.1 Å². The fraction of sp³-hybridized carbons (Fsp3) is 0.667. The van der Waals surface area contributed by atoms with Gasteiger partial charge in [-0.1, -0.05) is 0 Å². The molecule has 94 valence electrons. The number of carbonyl (C=O) groups excluding carboxylic acids is 1. The molecule has 1 aromatic heterocycles. The van der Waals surface area contributed by atoms with E-state index in [0.717, 1.165) is 30.8 Å². The summed E-state index contributed by atoms with van der Waals surface area (Å²) in [5.41, 5.74) is -0.398. The Morgan fingerprint density at radius 2 is 2.47 bits per heavy atom. The average molecular weight is 253 g/mol. The summed E-state index contributed by atoms with van der Waals surface area (Å²) in [4.78, 5) is 17.5. The fourth-order valence-corrected chi connectivity index (χ4v) is 2.81. The maximum Gasteiger partial charge on any atom is 0.240 e. The summed E-state index contributed by atoms with van der Waals surface area (Å²) in [5, 5.41) is 7.24. The van der Waals surface area contributed by atoms with E-state index in [1.54, 1.807) is 11.3 Å². The molecule has 0 radical (unpaired) electrons. The molecular formula is C12H19N3OS. The van der Waals surface area contributed by atoms with Gasteiger partial charge in [0.25, 0.3) is 0 Å². The Balaban J connectivity index is 1.88. The van der Waals surface area contributed by atoms with E-state index in [-0.39, 0.29) is 5.91 Å². The fourth-order valence-electron chi connectivity index (χ4n) is 2.08. The van der Waals surface area contributed by atoms with Crippen molar-refractivity contribution < 1.29 is 4.79 Å². The quantitative estimate of drug-likeness (QED) is 0.860. The minimum atomic E-state index is -0.398. The van der Waals surface area contributed by atoms with Crippen LogP contribution in [0.5, 0.6) is 0 Å². The summed E-state index contributed by atoms with van der Waals surface area (Å²) in [6.45, 7) is 5.47. The van der Waals surface area contributed by atoms with Gasteiger partial charge in [-0.25, -0.2) is 4.98 Å². The lowest BCUT2D eigenvalue weighted by atomic mass is 9.90. The van der Waals surface area contributed by atoms with Gasteiger partial charge in [0.1, 0.15) is 5.01 Å². The second-order valence-corrected chi connectivity index (χ2v) is 6.08. The van der Waals surface area contributed by atoms with E-state index >= 15 is 0 Å². The molecule has 17 heavy (non-hydrogen) atoms. The molecule has 1 saturated heterocycles. The molecule has 1 fully saturated rings. The van der Waals surface area contributed by atoms with E-state index in [1.807, 2.05) is 20.0 Å². The van der Waals surface area contributed by atoms with Gasteiger partial charge in [0.15, 0.2) is 0 Å². The first kappa shape index (κ1) is 12.5. The van der Waals surface area contributed by atoms with Gasteiger partial charge in [-0.3, -0.25) is 4.79 Å². The number of aromatic nitrogens is 1. The SMILES string of the molecule is Cc1cnc(CNC(=O)C2(C)CCCCN2)s1. The normalized spacial score (nSPS) is 24.6. The van der Waals surface area contributed by atoms with Gasteiger partial charge in [-0.05, 0) is 39.7 Å². The monoisotopic (exact) mass is 253 g/mol. The maximum atomic E-state index is 12.1. The van der Waals surface area contributed by atoms with Crippen LogP contribution in [-0.4, -0.2) is 23.0 Å². The molecule has 1 aliphatic heterocycles. The van der Waals surface area contributed by atoms with Crippen molar-refractivity contribution in [3.63, 3.8) is 0 Å². The Morgan fingerprint density at radius 3 is 3.06 bits per heavy atom. The molecule has 0 bridgehead atoms. The smallest absolute Gasteiger partial charge is 0.240 e. The van der Waals surface area contributed by atoms with Crippen LogP contribution < -0.4 is 10.6 Å². The Hall–Kier alpha value is -0.940. The molecular weight excluding hydrogens is 234 g/mol. The molecule has 1 unspecified atom stereocenters. The number of nitrogens with zero attached hydrogens (tertiary/aromatic N) is 1. The van der Waals surface area contributed by atoms with E-state index in [4.69, 9.17) is 0 Å². The van der Waals surface area contributed by atoms with Crippen LogP contribution in [0.25, 0.3) is 0 Å². The number of hydrogen-bond donors (Lipinski definition) is 2. The zero-order chi connectivity index (χ0) is 12.3. The molecule has 0 spiro atoms. The third-order valence-electron chi connectivity index (χ3n) is 3.19. The maximum absolute atomic E-state index is 12.1. The van der Waals surface area contributed by atoms with Crippen LogP contribution >= 0.6 is 11.3 Å². The zero-order valence-corrected chi connectivity index (χ0v) is 11.2. The highest BCUT2D eigenvalue weighted by molar-refractivity contribution is 7.11. The summed E-state index contributed by atoms with van der Waals surface area (Å²) in [6.07, 6.45) is 5.03. The first-order valence-electron chi connectivity index (χ1n) is 6.05. The van der Waals surface area contributed by atoms with Gasteiger partial charge < -0.3 is 10.6 Å². The van der Waals surface area contributed by atoms with Crippen molar-refractivity contribution in [1.29, 1.82) is 0 Å². The minimum Gasteiger partial charge on any atom is -0.348 e. The van der Waals surface area contributed by atoms with Crippen molar-refractivity contribution in [2.75, 3.05) is 6.54 Å². The number of aryl methyl sites for hydroxylation is 1. The topological polar surface area (TPSA) is 54.0 Å². The molecule has 0 saturated carbocycles. The molecule has 1 atom stereocenters. The van der Waals surface area contributed by atoms with Crippen molar-refractivity contribution in [2.45, 2.75) is 45.2 Å². The predicted octanol–water partition coefficient (Wildman–Crippen LogP) is 1.60. The molecule has 2 rings (SSSR count). The Labute approximate surface area is 106 Å². The second kappa shape index (κ2) is 5.14. The first-order valence-corrected chi connectivity index (χ1v) is 6.86. The van der Waals surface area contributed by atoms with E-state index in [2.05, 4.69) is 15.6 Å². The van der Waals surface area contributed by atoms with E-state index in [0.29, 0.717) is 6.54 Å². The van der Waals surface area contributed by atoms with Crippen molar-refractivity contribution >= 4 is 17.2 Å². The number of amides is 1. The second-order valence-electron chi connectivity index (χ2n) is 4.76. The lowest BCUT2D eigenvalue weighted by Gasteiger charge is -2.33. The highest BCUT2D eigenvalue weighted by Crippen LogP contribution is 2.19. The number of carbonyl (C=O) groups is 1. The van der Waals surface area contributed by atoms with E-state index in [1.165, 1.54) is 4.88 Å². The number of nitrogens with one attached hydrogen (secondary N) is 2. The van der Waals surface area contributed by atoms with Crippen LogP contribution in [0.15, 0.2) is 6.20 Å². The predicted molar refractivity (Wildman–Crippen MR) is 69.0 cm³/mol. The molecule has 1 aromatic rings. The van der Waals surface area contributed by atoms with Crippen molar-refractivity contribution in [1.82, 2.24) is 15.6 Å². The third kappa shape index (κ3) is 3.04. The van der Waals surface area contributed by atoms with Gasteiger partial charge in [0, 0.05) is 11.1 Å². The number of thiazole rings is 1. The summed E-state index contributed by atoms with van der Waals surface area (Å²) in [6, 6.07) is 0. The highest BCUT2D eigenvalue weighted by Gasteiger charge is 2.33. The van der Waals surface area contributed by atoms with Crippen LogP contribution in [0, 0.1) is 6.92 Å². The van der Waals surface area contributed by atoms with Gasteiger partial charge in [-0.15, -0.1) is 11.3 Å². The number of rotatable bonds is 3. The largest absolute Gasteiger partial charge is 0.348 e. The zero-order valence-electron chi connectivity index (χ0n) is 10.4. The Bertz CT molecular complexity index is 396. The summed E-state index contributed by atoms with van der Waals surface area (Å²) in [7, 11) is 0. The molecule has 2 N–H and O–H groups in total. The Morgan fingerprint density at radius 1 is 1.65 bits per heavy atom. The number of hydrogen-bond acceptors (Lipinski definition) is 4. The van der Waals surface area contributed by atoms with Gasteiger partial charge in [0.05, 0.1) is 12.1 Å². The summed E-state index contributed by atoms with van der Waals surface area (Å²) < 4.78 is 0. The molecule has 4 nitrogen and oxygen atoms in total. The molecule has 1 aliphatic rings. The standard InChI is InChI=1S/C12H19N3OS/c1-9-7-13-10(17-9)8-14-11(16)12(2)5-3-4-6-15-12/h7,15H,3-6,8H2,1-2H3,(H,14,16). The molecule has 0 aliphatic carbocycles. The van der Waals surface area contributed by atoms with E-state index in [9.17, 15) is 4.79 Å². The molecule has 5 heteroatoms. The summed E-state index contributed by atoms with van der Waals surface area (Å²) >= 11 is 1.63. The first-order chi connectivity index (χ1) is 8.10. The van der Waals surface area contributed by atoms with Crippen LogP contribution in [0.4, 0.5) is 0 Å². The molecule has 2 heterocycles. The highest BCUT2D eigenvalue weighted by atomic mass is 32.1. The van der Waals surface area contributed by atoms with Crippen LogP contribution in [0.2, 0.25) is 0 Å².